The van der Waals surface area contributed by atoms with Crippen molar-refractivity contribution in [2.75, 3.05) is 5.73 Å². The summed E-state index contributed by atoms with van der Waals surface area (Å²) >= 11 is 11.8. The van der Waals surface area contributed by atoms with Gasteiger partial charge >= 0.3 is 0 Å². The molecule has 1 amide bonds. The number of rotatable bonds is 3. The Kier molecular flexibility index (Phi) is 3.45. The molecular weight excluding hydrogens is 275 g/mol. The number of anilines is 1. The number of amides is 1. The minimum Gasteiger partial charge on any atom is -0.383 e. The molecular formula is C11H10Cl2N4O. The van der Waals surface area contributed by atoms with Gasteiger partial charge in [0.15, 0.2) is 0 Å². The average molecular weight is 285 g/mol. The summed E-state index contributed by atoms with van der Waals surface area (Å²) in [5.74, 6) is -0.394. The van der Waals surface area contributed by atoms with Crippen LogP contribution in [0.15, 0.2) is 24.4 Å². The van der Waals surface area contributed by atoms with E-state index >= 15 is 0 Å². The zero-order chi connectivity index (χ0) is 13.3. The molecule has 18 heavy (non-hydrogen) atoms. The van der Waals surface area contributed by atoms with Gasteiger partial charge in [-0.2, -0.15) is 5.10 Å². The van der Waals surface area contributed by atoms with Crippen LogP contribution in [-0.4, -0.2) is 15.7 Å². The molecule has 4 N–H and O–H groups in total. The lowest BCUT2D eigenvalue weighted by molar-refractivity contribution is 0.100. The zero-order valence-corrected chi connectivity index (χ0v) is 10.7. The SMILES string of the molecule is NC(=O)c1cnn(Cc2ccc(Cl)cc2Cl)c1N. The Morgan fingerprint density at radius 1 is 1.39 bits per heavy atom. The van der Waals surface area contributed by atoms with E-state index in [4.69, 9.17) is 34.7 Å². The first kappa shape index (κ1) is 12.7. The van der Waals surface area contributed by atoms with Gasteiger partial charge in [0.2, 0.25) is 0 Å². The Bertz CT molecular complexity index is 609. The van der Waals surface area contributed by atoms with Gasteiger partial charge in [0.05, 0.1) is 12.7 Å². The highest BCUT2D eigenvalue weighted by Crippen LogP contribution is 2.22. The van der Waals surface area contributed by atoms with Gasteiger partial charge in [-0.3, -0.25) is 4.79 Å². The van der Waals surface area contributed by atoms with E-state index in [1.165, 1.54) is 10.9 Å². The molecule has 1 aromatic carbocycles. The molecule has 1 aromatic heterocycles. The van der Waals surface area contributed by atoms with E-state index in [0.717, 1.165) is 5.56 Å². The van der Waals surface area contributed by atoms with Crippen LogP contribution in [0.3, 0.4) is 0 Å². The van der Waals surface area contributed by atoms with Crippen molar-refractivity contribution in [1.82, 2.24) is 9.78 Å². The first-order valence-electron chi connectivity index (χ1n) is 5.04. The Morgan fingerprint density at radius 2 is 2.11 bits per heavy atom. The van der Waals surface area contributed by atoms with Crippen LogP contribution in [0, 0.1) is 0 Å². The van der Waals surface area contributed by atoms with E-state index in [1.807, 2.05) is 0 Å². The second-order valence-corrected chi connectivity index (χ2v) is 4.54. The molecule has 0 spiro atoms. The van der Waals surface area contributed by atoms with Crippen LogP contribution in [0.25, 0.3) is 0 Å². The van der Waals surface area contributed by atoms with Crippen molar-refractivity contribution in [2.45, 2.75) is 6.54 Å². The quantitative estimate of drug-likeness (QED) is 0.903. The van der Waals surface area contributed by atoms with Crippen molar-refractivity contribution in [3.05, 3.63) is 45.6 Å². The Labute approximate surface area is 113 Å². The molecule has 0 aliphatic heterocycles. The number of nitrogens with two attached hydrogens (primary N) is 2. The number of aromatic nitrogens is 2. The van der Waals surface area contributed by atoms with Gasteiger partial charge in [0.1, 0.15) is 11.4 Å². The molecule has 0 aliphatic rings. The first-order valence-corrected chi connectivity index (χ1v) is 5.79. The second-order valence-electron chi connectivity index (χ2n) is 3.70. The summed E-state index contributed by atoms with van der Waals surface area (Å²) in [6, 6.07) is 5.13. The van der Waals surface area contributed by atoms with E-state index in [-0.39, 0.29) is 11.4 Å². The molecule has 94 valence electrons. The number of halogens is 2. The maximum absolute atomic E-state index is 11.0. The van der Waals surface area contributed by atoms with Gasteiger partial charge < -0.3 is 11.5 Å². The van der Waals surface area contributed by atoms with Crippen LogP contribution >= 0.6 is 23.2 Å². The molecule has 2 aromatic rings. The molecule has 2 rings (SSSR count). The van der Waals surface area contributed by atoms with Crippen molar-refractivity contribution in [3.8, 4) is 0 Å². The van der Waals surface area contributed by atoms with Crippen LogP contribution < -0.4 is 11.5 Å². The number of hydrogen-bond donors (Lipinski definition) is 2. The molecule has 0 aliphatic carbocycles. The summed E-state index contributed by atoms with van der Waals surface area (Å²) in [6.45, 7) is 0.342. The smallest absolute Gasteiger partial charge is 0.254 e. The van der Waals surface area contributed by atoms with E-state index in [1.54, 1.807) is 18.2 Å². The van der Waals surface area contributed by atoms with Gasteiger partial charge in [-0.25, -0.2) is 4.68 Å². The van der Waals surface area contributed by atoms with Gasteiger partial charge in [0.25, 0.3) is 5.91 Å². The fourth-order valence-corrected chi connectivity index (χ4v) is 1.99. The van der Waals surface area contributed by atoms with Crippen molar-refractivity contribution in [1.29, 1.82) is 0 Å². The van der Waals surface area contributed by atoms with Crippen molar-refractivity contribution < 1.29 is 4.79 Å². The lowest BCUT2D eigenvalue weighted by Gasteiger charge is -2.07. The third kappa shape index (κ3) is 2.42. The highest BCUT2D eigenvalue weighted by atomic mass is 35.5. The summed E-state index contributed by atoms with van der Waals surface area (Å²) in [6.07, 6.45) is 1.33. The summed E-state index contributed by atoms with van der Waals surface area (Å²) < 4.78 is 1.45. The first-order chi connectivity index (χ1) is 8.49. The third-order valence-electron chi connectivity index (χ3n) is 2.48. The minimum atomic E-state index is -0.610. The van der Waals surface area contributed by atoms with Gasteiger partial charge in [0, 0.05) is 10.0 Å². The average Bonchev–Trinajstić information content (AvgIpc) is 2.64. The Morgan fingerprint density at radius 3 is 2.67 bits per heavy atom. The monoisotopic (exact) mass is 284 g/mol. The predicted molar refractivity (Wildman–Crippen MR) is 70.7 cm³/mol. The van der Waals surface area contributed by atoms with E-state index in [0.29, 0.717) is 16.6 Å². The molecule has 5 nitrogen and oxygen atoms in total. The molecule has 0 saturated heterocycles. The van der Waals surface area contributed by atoms with Crippen LogP contribution in [0.5, 0.6) is 0 Å². The summed E-state index contributed by atoms with van der Waals surface area (Å²) in [5.41, 5.74) is 11.9. The van der Waals surface area contributed by atoms with Crippen LogP contribution in [0.1, 0.15) is 15.9 Å². The molecule has 0 saturated carbocycles. The van der Waals surface area contributed by atoms with Crippen LogP contribution in [0.2, 0.25) is 10.0 Å². The second kappa shape index (κ2) is 4.88. The molecule has 0 bridgehead atoms. The van der Waals surface area contributed by atoms with E-state index in [2.05, 4.69) is 5.10 Å². The maximum atomic E-state index is 11.0. The molecule has 0 atom stereocenters. The standard InChI is InChI=1S/C11H10Cl2N4O/c12-7-2-1-6(9(13)3-7)5-17-10(14)8(4-16-17)11(15)18/h1-4H,5,14H2,(H2,15,18). The number of benzene rings is 1. The van der Waals surface area contributed by atoms with E-state index in [9.17, 15) is 4.79 Å². The summed E-state index contributed by atoms with van der Waals surface area (Å²) in [5, 5.41) is 5.06. The molecule has 7 heteroatoms. The predicted octanol–water partition coefficient (Wildman–Crippen LogP) is 1.92. The third-order valence-corrected chi connectivity index (χ3v) is 3.07. The van der Waals surface area contributed by atoms with Crippen LogP contribution in [0.4, 0.5) is 5.82 Å². The molecule has 0 radical (unpaired) electrons. The van der Waals surface area contributed by atoms with Crippen LogP contribution in [-0.2, 0) is 6.54 Å². The van der Waals surface area contributed by atoms with E-state index < -0.39 is 5.91 Å². The minimum absolute atomic E-state index is 0.195. The molecule has 0 fully saturated rings. The Hall–Kier alpha value is -1.72. The topological polar surface area (TPSA) is 86.9 Å². The van der Waals surface area contributed by atoms with Gasteiger partial charge in [-0.1, -0.05) is 29.3 Å². The maximum Gasteiger partial charge on any atom is 0.254 e. The fourth-order valence-electron chi connectivity index (χ4n) is 1.52. The summed E-state index contributed by atoms with van der Waals surface area (Å²) in [4.78, 5) is 11.0. The molecule has 0 unspecified atom stereocenters. The highest BCUT2D eigenvalue weighted by molar-refractivity contribution is 6.35. The number of primary amides is 1. The summed E-state index contributed by atoms with van der Waals surface area (Å²) in [7, 11) is 0. The number of nitrogen functional groups attached to an aromatic ring is 1. The lowest BCUT2D eigenvalue weighted by Crippen LogP contribution is -2.14. The number of nitrogens with zero attached hydrogens (tertiary/aromatic N) is 2. The molecule has 1 heterocycles. The lowest BCUT2D eigenvalue weighted by atomic mass is 10.2. The fraction of sp³-hybridized carbons (Fsp3) is 0.0909. The van der Waals surface area contributed by atoms with Gasteiger partial charge in [-0.15, -0.1) is 0 Å². The number of carbonyl (C=O) groups excluding carboxylic acids is 1. The highest BCUT2D eigenvalue weighted by Gasteiger charge is 2.13. The number of hydrogen-bond acceptors (Lipinski definition) is 3. The van der Waals surface area contributed by atoms with Crippen molar-refractivity contribution in [3.63, 3.8) is 0 Å². The normalized spacial score (nSPS) is 10.6. The number of carbonyl (C=O) groups is 1. The van der Waals surface area contributed by atoms with Crippen molar-refractivity contribution in [2.24, 2.45) is 5.73 Å². The largest absolute Gasteiger partial charge is 0.383 e. The van der Waals surface area contributed by atoms with Crippen molar-refractivity contribution >= 4 is 34.9 Å². The zero-order valence-electron chi connectivity index (χ0n) is 9.23. The van der Waals surface area contributed by atoms with Gasteiger partial charge in [-0.05, 0) is 17.7 Å². The Balaban J connectivity index is 2.32.